The Kier molecular flexibility index (Phi) is 24.6. The van der Waals surface area contributed by atoms with Crippen LogP contribution in [0.25, 0.3) is 38.1 Å². The van der Waals surface area contributed by atoms with Crippen molar-refractivity contribution in [3.05, 3.63) is 314 Å². The van der Waals surface area contributed by atoms with Gasteiger partial charge in [0.15, 0.2) is 11.6 Å². The molecule has 128 heavy (non-hydrogen) atoms. The molecular weight excluding hydrogens is 1590 g/mol. The molecule has 4 N–H and O–H groups in total. The highest BCUT2D eigenvalue weighted by atomic mass is 16.5. The number of aryl methyl sites for hydroxylation is 5. The summed E-state index contributed by atoms with van der Waals surface area (Å²) in [4.78, 5) is 45.3. The Morgan fingerprint density at radius 1 is 0.422 bits per heavy atom. The van der Waals surface area contributed by atoms with E-state index in [4.69, 9.17) is 34.4 Å². The highest BCUT2D eigenvalue weighted by molar-refractivity contribution is 6.03. The number of aliphatic hydroxyl groups excluding tert-OH is 2. The first-order valence-electron chi connectivity index (χ1n) is 45.8. The second kappa shape index (κ2) is 34.6. The van der Waals surface area contributed by atoms with E-state index < -0.39 is 16.2 Å². The predicted octanol–water partition coefficient (Wildman–Crippen LogP) is 22.2. The summed E-state index contributed by atoms with van der Waals surface area (Å²) in [5.74, 6) is 3.38. The Morgan fingerprint density at radius 3 is 1.13 bits per heavy atom. The summed E-state index contributed by atoms with van der Waals surface area (Å²) in [7, 11) is 2.68. The van der Waals surface area contributed by atoms with Crippen LogP contribution in [-0.2, 0) is 85.4 Å². The molecule has 0 amide bonds. The van der Waals surface area contributed by atoms with Gasteiger partial charge < -0.3 is 24.7 Å². The first-order valence-corrected chi connectivity index (χ1v) is 44.8. The molecule has 0 saturated heterocycles. The van der Waals surface area contributed by atoms with Crippen LogP contribution in [0.15, 0.2) is 228 Å². The highest BCUT2D eigenvalue weighted by Crippen LogP contribution is 2.63. The number of aliphatic hydroxyl groups is 2. The van der Waals surface area contributed by atoms with E-state index in [0.29, 0.717) is 48.2 Å². The van der Waals surface area contributed by atoms with Crippen LogP contribution in [0.1, 0.15) is 245 Å². The number of nitrogens with one attached hydrogen (secondary N) is 1. The fraction of sp³-hybridized carbons (Fsp3) is 0.449. The summed E-state index contributed by atoms with van der Waals surface area (Å²) in [6, 6.07) is 51.2. The van der Waals surface area contributed by atoms with Gasteiger partial charge >= 0.3 is 0 Å². The van der Waals surface area contributed by atoms with Crippen LogP contribution in [-0.4, -0.2) is 93.9 Å². The maximum atomic E-state index is 12.8. The third-order valence-electron chi connectivity index (χ3n) is 31.5. The maximum absolute atomic E-state index is 12.8. The van der Waals surface area contributed by atoms with E-state index in [1.54, 1.807) is 5.48 Å². The first-order chi connectivity index (χ1) is 61.0. The smallest absolute Gasteiger partial charge is 0.226 e. The zero-order valence-electron chi connectivity index (χ0n) is 77.8. The lowest BCUT2D eigenvalue weighted by molar-refractivity contribution is -0.137. The van der Waals surface area contributed by atoms with Crippen molar-refractivity contribution in [2.75, 3.05) is 7.05 Å². The molecule has 10 aliphatic carbocycles. The van der Waals surface area contributed by atoms with Gasteiger partial charge in [-0.3, -0.25) is 9.59 Å². The molecule has 0 radical (unpaired) electrons. The molecular formula is C107H128N14O7. The number of hydrogen-bond donors (Lipinski definition) is 4. The molecule has 10 aliphatic rings. The van der Waals surface area contributed by atoms with Gasteiger partial charge in [0, 0.05) is 80.1 Å². The molecule has 5 aromatic carbocycles. The van der Waals surface area contributed by atoms with Gasteiger partial charge in [0.25, 0.3) is 0 Å². The SMILES string of the molecule is C.CC1(C)C(=O)/C(=C\O)C[C@]2(C)c3c(cnn3-c3ccccc3)CC[C@@H]12.CC1(C)C(=O)CC[C@]2(C)c3c(cnn3-c3ccccc3)CC[C@@H]12.CC1(C)c2oncc2C[C@]2(C)c3c(cnn3-c3ccccc3)CC[C@@H]12.CNO.[3H]C.[C-]#[N+]C1=C(O)C(C)(C)[C@@H]2CCc3cnn(-c4ccccc4)c3[C@@]2(C)C1.[C-]#[N+]C1=C[C@]2(C)c3c(cnn3-c3ccccc3)CC[C@H]2C(C)(C)C1=O. The summed E-state index contributed by atoms with van der Waals surface area (Å²) in [6.07, 6.45) is 28.6. The molecule has 2 fully saturated rings. The number of fused-ring (bicyclic) bond motifs is 16. The minimum atomic E-state index is -0.549. The molecule has 11 aromatic rings. The minimum Gasteiger partial charge on any atom is -0.523 e. The van der Waals surface area contributed by atoms with Crippen LogP contribution < -0.4 is 5.48 Å². The molecule has 2 saturated carbocycles. The van der Waals surface area contributed by atoms with Crippen LogP contribution in [0.3, 0.4) is 0 Å². The van der Waals surface area contributed by atoms with Gasteiger partial charge in [0.05, 0.1) is 113 Å². The van der Waals surface area contributed by atoms with Crippen molar-refractivity contribution in [3.63, 3.8) is 0 Å². The molecule has 0 aliphatic heterocycles. The third kappa shape index (κ3) is 15.0. The van der Waals surface area contributed by atoms with Crippen molar-refractivity contribution < 1.29 is 35.7 Å². The average molecular weight is 1720 g/mol. The number of benzene rings is 5. The van der Waals surface area contributed by atoms with E-state index in [2.05, 4.69) is 201 Å². The van der Waals surface area contributed by atoms with Crippen LogP contribution in [0.2, 0.25) is 0 Å². The molecule has 21 nitrogen and oxygen atoms in total. The second-order valence-electron chi connectivity index (χ2n) is 40.6. The van der Waals surface area contributed by atoms with Gasteiger partial charge in [-0.05, 0) is 208 Å². The Balaban J connectivity index is 0.000000128. The molecule has 21 heteroatoms. The van der Waals surface area contributed by atoms with Gasteiger partial charge in [-0.25, -0.2) is 38.6 Å². The Hall–Kier alpha value is -11.9. The van der Waals surface area contributed by atoms with Crippen molar-refractivity contribution in [1.29, 1.82) is 0 Å². The lowest BCUT2D eigenvalue weighted by atomic mass is 9.50. The Labute approximate surface area is 756 Å². The van der Waals surface area contributed by atoms with Gasteiger partial charge in [-0.2, -0.15) is 25.5 Å². The van der Waals surface area contributed by atoms with E-state index in [-0.39, 0.29) is 86.1 Å². The number of carbonyl (C=O) groups excluding carboxylic acids is 3. The van der Waals surface area contributed by atoms with Crippen LogP contribution in [0.4, 0.5) is 0 Å². The fourth-order valence-corrected chi connectivity index (χ4v) is 25.9. The lowest BCUT2D eigenvalue weighted by Gasteiger charge is -2.52. The zero-order chi connectivity index (χ0) is 91.6. The molecule has 668 valence electrons. The van der Waals surface area contributed by atoms with Crippen molar-refractivity contribution in [1.82, 2.24) is 59.5 Å². The largest absolute Gasteiger partial charge is 0.523 e. The second-order valence-corrected chi connectivity index (χ2v) is 40.6. The number of ketones is 3. The Bertz CT molecular complexity index is 6150. The number of para-hydroxylation sites is 5. The summed E-state index contributed by atoms with van der Waals surface area (Å²) in [6.45, 7) is 47.5. The van der Waals surface area contributed by atoms with Crippen LogP contribution in [0.5, 0.6) is 0 Å². The van der Waals surface area contributed by atoms with Gasteiger partial charge in [0.1, 0.15) is 17.3 Å². The van der Waals surface area contributed by atoms with Crippen LogP contribution >= 0.6 is 0 Å². The summed E-state index contributed by atoms with van der Waals surface area (Å²) in [5, 5.41) is 55.3. The van der Waals surface area contributed by atoms with Gasteiger partial charge in [-0.15, -0.1) is 0 Å². The predicted molar refractivity (Wildman–Crippen MR) is 501 cm³/mol. The number of allylic oxidation sites excluding steroid dienone is 5. The van der Waals surface area contributed by atoms with Crippen molar-refractivity contribution in [2.24, 2.45) is 51.2 Å². The number of carbonyl (C=O) groups is 3. The number of hydrogen-bond acceptors (Lipinski definition) is 14. The van der Waals surface area contributed by atoms with E-state index in [9.17, 15) is 24.6 Å². The average Bonchev–Trinajstić information content (AvgIpc) is 1.62. The van der Waals surface area contributed by atoms with Crippen molar-refractivity contribution in [3.8, 4) is 28.4 Å². The fourth-order valence-electron chi connectivity index (χ4n) is 25.9. The first kappa shape index (κ1) is 90.9. The number of hydroxylamine groups is 1. The van der Waals surface area contributed by atoms with Crippen molar-refractivity contribution in [2.45, 2.75) is 247 Å². The standard InChI is InChI=1S/2C21H23N3O.C21H21N3O.C21H24N2O2.C20H24N2O.CH5NO.2CH4/c1-20(2)17-10-9-14-12-22-24(16-7-5-4-6-8-16)18(14)21(17,3)11-15-13-23-25-19(15)20;2*1-20(2)17-11-10-14-13-23-24(15-8-6-5-7-9-15)18(14)21(17,3)12-16(22-4)19(20)25;1-20(2)17-10-9-14-12-22-23(16-7-5-4-6-8-16)18(14)21(17,3)11-15(13-24)19(20)25;1-19(2)16-10-9-14-13-21-22(15-7-5-4-6-8-15)18(14)20(16,3)12-11-17(19)23;1-2-3;;/h4-8,12-13,17H,9-11H2,1-3H3;5-9,13,17,25H,10-12H2,1-3H3;5-9,12-13,17H,10-11H2,1-3H3;4-8,12-13,17,24H,9-11H2,1-3H3;4-8,13,16H,9-12H2,1-3H3;2-3H,1H3;2*1H4/b;;;15-13-;;;;/t4*17-,21-;16-,20-;;;/m00000.../s1/i;;;;;;1T;. The molecule has 6 heterocycles. The Morgan fingerprint density at radius 2 is 0.750 bits per heavy atom. The molecule has 10 atom stereocenters. The normalized spacial score (nSPS) is 27.0. The molecule has 0 spiro atoms. The number of nitrogens with zero attached hydrogens (tertiary/aromatic N) is 13. The van der Waals surface area contributed by atoms with E-state index in [1.165, 1.54) is 70.6 Å². The highest BCUT2D eigenvalue weighted by Gasteiger charge is 2.61. The quantitative estimate of drug-likeness (QED) is 0.0542. The zero-order valence-corrected chi connectivity index (χ0v) is 76.8. The monoisotopic (exact) mass is 1720 g/mol. The molecule has 0 unspecified atom stereocenters. The number of Topliss-reactive ketones (excluding diaryl/α,β-unsaturated/α-hetero) is 3. The molecule has 0 bridgehead atoms. The van der Waals surface area contributed by atoms with E-state index >= 15 is 0 Å². The molecule has 6 aromatic heterocycles. The minimum absolute atomic E-state index is 0. The molecule has 21 rings (SSSR count). The third-order valence-corrected chi connectivity index (χ3v) is 31.5. The van der Waals surface area contributed by atoms with Crippen molar-refractivity contribution >= 4 is 17.3 Å². The summed E-state index contributed by atoms with van der Waals surface area (Å²) < 4.78 is 21.8. The topological polar surface area (TPSA) is 248 Å². The number of aromatic nitrogens is 11. The van der Waals surface area contributed by atoms with E-state index in [1.807, 2.05) is 152 Å². The van der Waals surface area contributed by atoms with Gasteiger partial charge in [-0.1, -0.05) is 221 Å². The summed E-state index contributed by atoms with van der Waals surface area (Å²) in [5.41, 5.74) is 19.9. The maximum Gasteiger partial charge on any atom is 0.226 e. The lowest BCUT2D eigenvalue weighted by Crippen LogP contribution is -2.53. The van der Waals surface area contributed by atoms with Gasteiger partial charge in [0.2, 0.25) is 11.4 Å². The summed E-state index contributed by atoms with van der Waals surface area (Å²) >= 11 is 0. The number of rotatable bonds is 5. The van der Waals surface area contributed by atoms with Crippen LogP contribution in [0, 0.1) is 64.4 Å². The van der Waals surface area contributed by atoms with E-state index in [0.717, 1.165) is 123 Å².